The number of fused-ring (bicyclic) bond motifs is 1. The Hall–Kier alpha value is -4.03. The van der Waals surface area contributed by atoms with Gasteiger partial charge in [0, 0.05) is 36.5 Å². The largest absolute Gasteiger partial charge is 0.497 e. The van der Waals surface area contributed by atoms with E-state index < -0.39 is 9.84 Å². The molecule has 0 saturated heterocycles. The number of carbonyl (C=O) groups excluding carboxylic acids is 1. The molecular weight excluding hydrogens is 580 g/mol. The molecule has 2 fully saturated rings. The van der Waals surface area contributed by atoms with Crippen LogP contribution in [-0.4, -0.2) is 71.1 Å². The summed E-state index contributed by atoms with van der Waals surface area (Å²) < 4.78 is 32.7. The molecule has 2 aliphatic rings. The van der Waals surface area contributed by atoms with E-state index in [2.05, 4.69) is 25.3 Å². The molecule has 2 heterocycles. The third kappa shape index (κ3) is 6.56. The number of hydrogen-bond donors (Lipinski definition) is 2. The SMILES string of the molecule is COc1ccc(CN(CC2CCC(O)CC2)c2nc(S(C)(=O)=O)nc3c(-c4ccc(C(=O)NC5CC5)c(C)c4)cnn23)cc1. The molecule has 0 bridgehead atoms. The Kier molecular flexibility index (Phi) is 8.30. The Morgan fingerprint density at radius 1 is 1.07 bits per heavy atom. The van der Waals surface area contributed by atoms with E-state index in [0.29, 0.717) is 35.8 Å². The van der Waals surface area contributed by atoms with Crippen molar-refractivity contribution < 1.29 is 23.1 Å². The maximum absolute atomic E-state index is 12.9. The smallest absolute Gasteiger partial charge is 0.252 e. The number of carbonyl (C=O) groups is 1. The molecule has 232 valence electrons. The molecule has 0 radical (unpaired) electrons. The van der Waals surface area contributed by atoms with Gasteiger partial charge in [-0.2, -0.15) is 19.6 Å². The third-order valence-electron chi connectivity index (χ3n) is 8.47. The van der Waals surface area contributed by atoms with Crippen LogP contribution in [0, 0.1) is 12.8 Å². The van der Waals surface area contributed by atoms with E-state index in [1.54, 1.807) is 23.9 Å². The second-order valence-corrected chi connectivity index (χ2v) is 14.0. The van der Waals surface area contributed by atoms with Crippen LogP contribution in [0.1, 0.15) is 60.0 Å². The maximum atomic E-state index is 12.9. The molecule has 6 rings (SSSR count). The fourth-order valence-corrected chi connectivity index (χ4v) is 6.30. The van der Waals surface area contributed by atoms with Crippen molar-refractivity contribution in [1.82, 2.24) is 24.9 Å². The number of amides is 1. The van der Waals surface area contributed by atoms with Gasteiger partial charge >= 0.3 is 0 Å². The predicted molar refractivity (Wildman–Crippen MR) is 167 cm³/mol. The van der Waals surface area contributed by atoms with Gasteiger partial charge in [0.15, 0.2) is 5.65 Å². The highest BCUT2D eigenvalue weighted by molar-refractivity contribution is 7.90. The third-order valence-corrected chi connectivity index (χ3v) is 9.31. The lowest BCUT2D eigenvalue weighted by atomic mass is 9.87. The van der Waals surface area contributed by atoms with Crippen LogP contribution in [0.15, 0.2) is 53.8 Å². The van der Waals surface area contributed by atoms with E-state index in [0.717, 1.165) is 67.2 Å². The number of aliphatic hydroxyl groups excluding tert-OH is 1. The highest BCUT2D eigenvalue weighted by Crippen LogP contribution is 2.32. The van der Waals surface area contributed by atoms with Crippen LogP contribution in [0.2, 0.25) is 0 Å². The van der Waals surface area contributed by atoms with Crippen LogP contribution in [0.3, 0.4) is 0 Å². The summed E-state index contributed by atoms with van der Waals surface area (Å²) in [5, 5.41) is 17.5. The fourth-order valence-electron chi connectivity index (χ4n) is 5.80. The Bertz CT molecular complexity index is 1780. The first kappa shape index (κ1) is 30.0. The first-order valence-electron chi connectivity index (χ1n) is 15.0. The average molecular weight is 619 g/mol. The number of aromatic nitrogens is 4. The van der Waals surface area contributed by atoms with Gasteiger partial charge in [0.05, 0.1) is 19.4 Å². The number of sulfone groups is 1. The van der Waals surface area contributed by atoms with Gasteiger partial charge in [0.25, 0.3) is 11.1 Å². The summed E-state index contributed by atoms with van der Waals surface area (Å²) in [4.78, 5) is 23.9. The summed E-state index contributed by atoms with van der Waals surface area (Å²) in [6.07, 6.45) is 7.68. The quantitative estimate of drug-likeness (QED) is 0.270. The van der Waals surface area contributed by atoms with Crippen molar-refractivity contribution in [2.75, 3.05) is 24.8 Å². The summed E-state index contributed by atoms with van der Waals surface area (Å²) >= 11 is 0. The molecule has 0 aliphatic heterocycles. The number of methoxy groups -OCH3 is 1. The Morgan fingerprint density at radius 3 is 2.43 bits per heavy atom. The molecular formula is C32H38N6O5S. The number of benzene rings is 2. The summed E-state index contributed by atoms with van der Waals surface area (Å²) in [5.41, 5.74) is 4.18. The number of aliphatic hydroxyl groups is 1. The van der Waals surface area contributed by atoms with Crippen molar-refractivity contribution in [3.8, 4) is 16.9 Å². The minimum atomic E-state index is -3.77. The van der Waals surface area contributed by atoms with Crippen LogP contribution >= 0.6 is 0 Å². The molecule has 2 aliphatic carbocycles. The Morgan fingerprint density at radius 2 is 1.80 bits per heavy atom. The number of aryl methyl sites for hydroxylation is 1. The van der Waals surface area contributed by atoms with E-state index in [1.807, 2.05) is 43.3 Å². The van der Waals surface area contributed by atoms with Crippen molar-refractivity contribution in [1.29, 1.82) is 0 Å². The zero-order valence-corrected chi connectivity index (χ0v) is 26.0. The topological polar surface area (TPSA) is 139 Å². The van der Waals surface area contributed by atoms with Crippen LogP contribution in [0.25, 0.3) is 16.8 Å². The summed E-state index contributed by atoms with van der Waals surface area (Å²) in [5.74, 6) is 1.31. The normalized spacial score (nSPS) is 18.7. The summed E-state index contributed by atoms with van der Waals surface area (Å²) in [6.45, 7) is 2.95. The van der Waals surface area contributed by atoms with Crippen molar-refractivity contribution in [2.24, 2.45) is 5.92 Å². The average Bonchev–Trinajstić information content (AvgIpc) is 3.71. The number of rotatable bonds is 10. The number of ether oxygens (including phenoxy) is 1. The molecule has 12 heteroatoms. The zero-order valence-electron chi connectivity index (χ0n) is 25.2. The van der Waals surface area contributed by atoms with E-state index in [-0.39, 0.29) is 29.1 Å². The van der Waals surface area contributed by atoms with Gasteiger partial charge in [0.2, 0.25) is 15.8 Å². The van der Waals surface area contributed by atoms with Crippen molar-refractivity contribution >= 4 is 27.3 Å². The van der Waals surface area contributed by atoms with Crippen LogP contribution in [0.5, 0.6) is 5.75 Å². The van der Waals surface area contributed by atoms with Gasteiger partial charge in [-0.15, -0.1) is 0 Å². The molecule has 2 aromatic carbocycles. The van der Waals surface area contributed by atoms with Gasteiger partial charge in [0.1, 0.15) is 5.75 Å². The number of anilines is 1. The minimum Gasteiger partial charge on any atom is -0.497 e. The monoisotopic (exact) mass is 618 g/mol. The fraction of sp³-hybridized carbons (Fsp3) is 0.438. The van der Waals surface area contributed by atoms with Gasteiger partial charge in [-0.25, -0.2) is 8.42 Å². The molecule has 0 spiro atoms. The Balaban J connectivity index is 1.42. The van der Waals surface area contributed by atoms with Crippen LogP contribution in [-0.2, 0) is 16.4 Å². The lowest BCUT2D eigenvalue weighted by Gasteiger charge is -2.32. The number of nitrogens with one attached hydrogen (secondary N) is 1. The molecule has 0 unspecified atom stereocenters. The molecule has 1 amide bonds. The van der Waals surface area contributed by atoms with E-state index >= 15 is 0 Å². The first-order valence-corrected chi connectivity index (χ1v) is 16.9. The van der Waals surface area contributed by atoms with E-state index in [1.165, 1.54) is 0 Å². The maximum Gasteiger partial charge on any atom is 0.252 e. The molecule has 4 aromatic rings. The highest BCUT2D eigenvalue weighted by atomic mass is 32.2. The molecule has 2 aromatic heterocycles. The summed E-state index contributed by atoms with van der Waals surface area (Å²) in [6, 6.07) is 13.5. The predicted octanol–water partition coefficient (Wildman–Crippen LogP) is 3.96. The number of nitrogens with zero attached hydrogens (tertiary/aromatic N) is 5. The van der Waals surface area contributed by atoms with Crippen LogP contribution in [0.4, 0.5) is 5.95 Å². The molecule has 2 N–H and O–H groups in total. The van der Waals surface area contributed by atoms with Gasteiger partial charge in [-0.3, -0.25) is 4.79 Å². The molecule has 44 heavy (non-hydrogen) atoms. The minimum absolute atomic E-state index is 0.0928. The second kappa shape index (κ2) is 12.2. The Labute approximate surface area is 257 Å². The second-order valence-electron chi connectivity index (χ2n) is 12.1. The van der Waals surface area contributed by atoms with Crippen LogP contribution < -0.4 is 15.0 Å². The highest BCUT2D eigenvalue weighted by Gasteiger charge is 2.28. The lowest BCUT2D eigenvalue weighted by Crippen LogP contribution is -2.34. The number of hydrogen-bond acceptors (Lipinski definition) is 9. The van der Waals surface area contributed by atoms with E-state index in [4.69, 9.17) is 4.74 Å². The zero-order chi connectivity index (χ0) is 31.0. The summed E-state index contributed by atoms with van der Waals surface area (Å²) in [7, 11) is -2.15. The van der Waals surface area contributed by atoms with E-state index in [9.17, 15) is 18.3 Å². The van der Waals surface area contributed by atoms with Crippen molar-refractivity contribution in [3.63, 3.8) is 0 Å². The molecule has 0 atom stereocenters. The van der Waals surface area contributed by atoms with Gasteiger partial charge < -0.3 is 20.1 Å². The lowest BCUT2D eigenvalue weighted by molar-refractivity contribution is 0.0950. The van der Waals surface area contributed by atoms with Crippen molar-refractivity contribution in [3.05, 3.63) is 65.4 Å². The van der Waals surface area contributed by atoms with Gasteiger partial charge in [-0.1, -0.05) is 24.3 Å². The van der Waals surface area contributed by atoms with Gasteiger partial charge in [-0.05, 0) is 86.3 Å². The standard InChI is InChI=1S/C32H38N6O5S/c1-20-16-23(8-15-27(20)30(40)34-24-9-10-24)28-17-33-38-29(28)35-31(44(3,41)42)36-32(38)37(18-21-4-11-25(39)12-5-21)19-22-6-13-26(43-2)14-7-22/h6-8,13-17,21,24-25,39H,4-5,9-12,18-19H2,1-3H3,(H,34,40). The molecule has 11 nitrogen and oxygen atoms in total. The first-order chi connectivity index (χ1) is 21.1. The van der Waals surface area contributed by atoms with Crippen molar-refractivity contribution in [2.45, 2.75) is 69.3 Å². The molecule has 2 saturated carbocycles.